The number of ether oxygens (including phenoxy) is 1. The molecule has 0 aromatic heterocycles. The molecule has 0 heterocycles. The van der Waals surface area contributed by atoms with Crippen LogP contribution in [0.1, 0.15) is 112 Å². The second-order valence-electron chi connectivity index (χ2n) is 10.6. The van der Waals surface area contributed by atoms with Crippen molar-refractivity contribution >= 4 is 17.5 Å². The van der Waals surface area contributed by atoms with Crippen LogP contribution in [0.4, 0.5) is 0 Å². The predicted octanol–water partition coefficient (Wildman–Crippen LogP) is 6.92. The fourth-order valence-corrected chi connectivity index (χ4v) is 3.96. The second-order valence-corrected chi connectivity index (χ2v) is 10.6. The number of esters is 1. The van der Waals surface area contributed by atoms with Crippen LogP contribution in [0.2, 0.25) is 0 Å². The van der Waals surface area contributed by atoms with Gasteiger partial charge in [-0.15, -0.1) is 0 Å². The number of hydrogen-bond acceptors (Lipinski definition) is 4. The summed E-state index contributed by atoms with van der Waals surface area (Å²) in [5.74, 6) is -0.640. The first kappa shape index (κ1) is 27.3. The van der Waals surface area contributed by atoms with Gasteiger partial charge in [-0.3, -0.25) is 14.4 Å². The van der Waals surface area contributed by atoms with Crippen molar-refractivity contribution < 1.29 is 19.1 Å². The molecule has 0 aromatic rings. The molecule has 0 unspecified atom stereocenters. The van der Waals surface area contributed by atoms with Crippen molar-refractivity contribution in [2.45, 2.75) is 112 Å². The maximum absolute atomic E-state index is 12.6. The summed E-state index contributed by atoms with van der Waals surface area (Å²) in [6.45, 7) is 12.0. The normalized spacial score (nSPS) is 15.0. The Morgan fingerprint density at radius 2 is 1.19 bits per heavy atom. The van der Waals surface area contributed by atoms with Gasteiger partial charge in [0.1, 0.15) is 0 Å². The molecule has 4 nitrogen and oxygen atoms in total. The van der Waals surface area contributed by atoms with Gasteiger partial charge in [0.2, 0.25) is 0 Å². The van der Waals surface area contributed by atoms with Crippen LogP contribution in [0.5, 0.6) is 0 Å². The first-order valence-electron chi connectivity index (χ1n) is 12.2. The lowest BCUT2D eigenvalue weighted by Gasteiger charge is -2.30. The molecule has 0 fully saturated rings. The first-order chi connectivity index (χ1) is 14.5. The molecule has 4 heteroatoms. The molecule has 0 bridgehead atoms. The van der Waals surface area contributed by atoms with E-state index in [1.165, 1.54) is 63.5 Å². The molecular formula is C27H44O4. The van der Waals surface area contributed by atoms with E-state index in [0.717, 1.165) is 12.8 Å². The highest BCUT2D eigenvalue weighted by Gasteiger charge is 2.36. The third kappa shape index (κ3) is 9.97. The Labute approximate surface area is 189 Å². The van der Waals surface area contributed by atoms with Crippen LogP contribution in [-0.4, -0.2) is 24.1 Å². The maximum atomic E-state index is 12.6. The van der Waals surface area contributed by atoms with E-state index in [4.69, 9.17) is 4.74 Å². The molecule has 0 aromatic carbocycles. The highest BCUT2D eigenvalue weighted by Crippen LogP contribution is 2.37. The molecule has 31 heavy (non-hydrogen) atoms. The van der Waals surface area contributed by atoms with Crippen LogP contribution in [0, 0.1) is 10.8 Å². The van der Waals surface area contributed by atoms with Gasteiger partial charge in [0.25, 0.3) is 0 Å². The molecule has 0 N–H and O–H groups in total. The number of allylic oxidation sites excluding steroid dienone is 4. The topological polar surface area (TPSA) is 60.4 Å². The molecule has 0 saturated carbocycles. The lowest BCUT2D eigenvalue weighted by atomic mass is 9.72. The molecule has 0 radical (unpaired) electrons. The van der Waals surface area contributed by atoms with Gasteiger partial charge in [-0.25, -0.2) is 0 Å². The minimum atomic E-state index is -0.735. The monoisotopic (exact) mass is 432 g/mol. The standard InChI is InChI=1S/C27H44O4/c1-7-8-9-10-11-12-13-14-15-16-17-31-25(30)20-27(5,6)22-19-23(28)21(18-24(22)29)26(2,3)4/h18-19H,7-17,20H2,1-6H3. The Morgan fingerprint density at radius 3 is 1.71 bits per heavy atom. The fraction of sp³-hybridized carbons (Fsp3) is 0.741. The number of carbonyl (C=O) groups excluding carboxylic acids is 3. The van der Waals surface area contributed by atoms with Crippen molar-refractivity contribution in [1.29, 1.82) is 0 Å². The number of ketones is 2. The maximum Gasteiger partial charge on any atom is 0.306 e. The molecule has 176 valence electrons. The molecule has 1 rings (SSSR count). The van der Waals surface area contributed by atoms with Crippen LogP contribution >= 0.6 is 0 Å². The van der Waals surface area contributed by atoms with E-state index in [-0.39, 0.29) is 29.4 Å². The van der Waals surface area contributed by atoms with Gasteiger partial charge >= 0.3 is 5.97 Å². The minimum absolute atomic E-state index is 0.0916. The van der Waals surface area contributed by atoms with Crippen molar-refractivity contribution in [3.63, 3.8) is 0 Å². The summed E-state index contributed by atoms with van der Waals surface area (Å²) in [5, 5.41) is 0. The number of carbonyl (C=O) groups is 3. The average Bonchev–Trinajstić information content (AvgIpc) is 2.66. The van der Waals surface area contributed by atoms with E-state index >= 15 is 0 Å². The molecule has 0 aliphatic heterocycles. The van der Waals surface area contributed by atoms with E-state index in [1.807, 2.05) is 34.6 Å². The Hall–Kier alpha value is -1.71. The van der Waals surface area contributed by atoms with Crippen LogP contribution in [0.25, 0.3) is 0 Å². The van der Waals surface area contributed by atoms with E-state index in [9.17, 15) is 14.4 Å². The molecular weight excluding hydrogens is 388 g/mol. The highest BCUT2D eigenvalue weighted by atomic mass is 16.5. The summed E-state index contributed by atoms with van der Waals surface area (Å²) in [7, 11) is 0. The first-order valence-corrected chi connectivity index (χ1v) is 12.2. The third-order valence-corrected chi connectivity index (χ3v) is 5.97. The lowest BCUT2D eigenvalue weighted by molar-refractivity contribution is -0.145. The average molecular weight is 433 g/mol. The van der Waals surface area contributed by atoms with Crippen LogP contribution in [0.15, 0.2) is 23.3 Å². The highest BCUT2D eigenvalue weighted by molar-refractivity contribution is 6.21. The van der Waals surface area contributed by atoms with Gasteiger partial charge in [-0.05, 0) is 24.0 Å². The van der Waals surface area contributed by atoms with E-state index < -0.39 is 5.41 Å². The van der Waals surface area contributed by atoms with Crippen molar-refractivity contribution in [2.75, 3.05) is 6.61 Å². The Bertz CT molecular complexity index is 674. The second kappa shape index (κ2) is 13.0. The van der Waals surface area contributed by atoms with E-state index in [1.54, 1.807) is 0 Å². The number of hydrogen-bond donors (Lipinski definition) is 0. The van der Waals surface area contributed by atoms with Gasteiger partial charge in [0, 0.05) is 16.6 Å². The van der Waals surface area contributed by atoms with Crippen LogP contribution < -0.4 is 0 Å². The van der Waals surface area contributed by atoms with Gasteiger partial charge < -0.3 is 4.74 Å². The summed E-state index contributed by atoms with van der Waals surface area (Å²) in [6, 6.07) is 0. The summed E-state index contributed by atoms with van der Waals surface area (Å²) in [5.41, 5.74) is -0.212. The molecule has 0 amide bonds. The van der Waals surface area contributed by atoms with E-state index in [2.05, 4.69) is 6.92 Å². The van der Waals surface area contributed by atoms with Gasteiger partial charge in [0.15, 0.2) is 11.6 Å². The van der Waals surface area contributed by atoms with Gasteiger partial charge in [0.05, 0.1) is 13.0 Å². The molecule has 1 aliphatic rings. The summed E-state index contributed by atoms with van der Waals surface area (Å²) in [4.78, 5) is 37.4. The number of rotatable bonds is 14. The quantitative estimate of drug-likeness (QED) is 0.170. The Kier molecular flexibility index (Phi) is 11.4. The van der Waals surface area contributed by atoms with E-state index in [0.29, 0.717) is 17.8 Å². The van der Waals surface area contributed by atoms with Crippen molar-refractivity contribution in [2.24, 2.45) is 10.8 Å². The van der Waals surface area contributed by atoms with Crippen molar-refractivity contribution in [3.8, 4) is 0 Å². The smallest absolute Gasteiger partial charge is 0.306 e. The largest absolute Gasteiger partial charge is 0.466 e. The number of unbranched alkanes of at least 4 members (excludes halogenated alkanes) is 9. The minimum Gasteiger partial charge on any atom is -0.466 e. The zero-order chi connectivity index (χ0) is 23.5. The summed E-state index contributed by atoms with van der Waals surface area (Å²) < 4.78 is 5.40. The Morgan fingerprint density at radius 1 is 0.742 bits per heavy atom. The van der Waals surface area contributed by atoms with Crippen molar-refractivity contribution in [3.05, 3.63) is 23.3 Å². The van der Waals surface area contributed by atoms with Crippen LogP contribution in [0.3, 0.4) is 0 Å². The summed E-state index contributed by atoms with van der Waals surface area (Å²) >= 11 is 0. The van der Waals surface area contributed by atoms with Crippen LogP contribution in [-0.2, 0) is 19.1 Å². The molecule has 0 spiro atoms. The predicted molar refractivity (Wildman–Crippen MR) is 127 cm³/mol. The molecule has 1 aliphatic carbocycles. The zero-order valence-electron chi connectivity index (χ0n) is 20.8. The molecule has 0 saturated heterocycles. The third-order valence-electron chi connectivity index (χ3n) is 5.97. The lowest BCUT2D eigenvalue weighted by Crippen LogP contribution is -2.30. The van der Waals surface area contributed by atoms with Gasteiger partial charge in [-0.2, -0.15) is 0 Å². The SMILES string of the molecule is CCCCCCCCCCCCOC(=O)CC(C)(C)C1=CC(=O)C(C(C)(C)C)=CC1=O. The van der Waals surface area contributed by atoms with Gasteiger partial charge in [-0.1, -0.05) is 99.3 Å². The Balaban J connectivity index is 2.32. The zero-order valence-corrected chi connectivity index (χ0v) is 20.8. The fourth-order valence-electron chi connectivity index (χ4n) is 3.96. The molecule has 0 atom stereocenters. The van der Waals surface area contributed by atoms with Crippen molar-refractivity contribution in [1.82, 2.24) is 0 Å². The summed E-state index contributed by atoms with van der Waals surface area (Å²) in [6.07, 6.45) is 15.3.